The molecule has 2 atom stereocenters. The minimum Gasteiger partial charge on any atom is -0.338 e. The molecule has 0 saturated carbocycles. The number of fused-ring (bicyclic) bond motifs is 1. The molecule has 0 bridgehead atoms. The van der Waals surface area contributed by atoms with Gasteiger partial charge in [-0.15, -0.1) is 11.3 Å². The minimum absolute atomic E-state index is 0.324. The molecule has 28 heavy (non-hydrogen) atoms. The molecule has 4 rings (SSSR count). The van der Waals surface area contributed by atoms with Crippen LogP contribution in [0.5, 0.6) is 0 Å². The van der Waals surface area contributed by atoms with E-state index in [0.717, 1.165) is 36.7 Å². The first kappa shape index (κ1) is 19.2. The van der Waals surface area contributed by atoms with E-state index in [0.29, 0.717) is 16.9 Å². The molecule has 0 radical (unpaired) electrons. The number of aryl methyl sites for hydroxylation is 1. The van der Waals surface area contributed by atoms with Gasteiger partial charge in [0.1, 0.15) is 0 Å². The second-order valence-corrected chi connectivity index (χ2v) is 10.6. The molecule has 3 heterocycles. The molecule has 0 amide bonds. The van der Waals surface area contributed by atoms with Crippen molar-refractivity contribution in [3.8, 4) is 0 Å². The van der Waals surface area contributed by atoms with Gasteiger partial charge < -0.3 is 4.90 Å². The van der Waals surface area contributed by atoms with Crippen molar-refractivity contribution in [1.82, 2.24) is 19.9 Å². The standard InChI is InChI=1S/C19H24N6OS2/c1-13(15-4-5-18-17(10-15)23-14(2)27-18)24-6-8-25(9-7-24)19-21-11-16(12-22-19)28(3,20)26/h4-5,10-13,20H,6-9H2,1-3H3/t13-,28-/m1/s1. The maximum Gasteiger partial charge on any atom is 0.225 e. The van der Waals surface area contributed by atoms with Crippen molar-refractivity contribution in [2.75, 3.05) is 37.3 Å². The van der Waals surface area contributed by atoms with E-state index in [1.807, 2.05) is 6.92 Å². The van der Waals surface area contributed by atoms with Crippen LogP contribution in [0.3, 0.4) is 0 Å². The van der Waals surface area contributed by atoms with E-state index in [9.17, 15) is 4.21 Å². The molecule has 1 aliphatic rings. The van der Waals surface area contributed by atoms with Crippen molar-refractivity contribution < 1.29 is 4.21 Å². The first-order chi connectivity index (χ1) is 13.3. The van der Waals surface area contributed by atoms with E-state index in [1.54, 1.807) is 11.3 Å². The van der Waals surface area contributed by atoms with Gasteiger partial charge in [-0.2, -0.15) is 0 Å². The Morgan fingerprint density at radius 2 is 1.86 bits per heavy atom. The minimum atomic E-state index is -2.77. The van der Waals surface area contributed by atoms with Gasteiger partial charge in [0.05, 0.1) is 29.8 Å². The fourth-order valence-electron chi connectivity index (χ4n) is 3.51. The monoisotopic (exact) mass is 416 g/mol. The summed E-state index contributed by atoms with van der Waals surface area (Å²) in [6.45, 7) is 7.80. The molecule has 1 fully saturated rings. The smallest absolute Gasteiger partial charge is 0.225 e. The fourth-order valence-corrected chi connectivity index (χ4v) is 4.83. The Bertz CT molecular complexity index is 1090. The summed E-state index contributed by atoms with van der Waals surface area (Å²) >= 11 is 1.73. The second-order valence-electron chi connectivity index (χ2n) is 7.22. The Labute approximate surface area is 169 Å². The van der Waals surface area contributed by atoms with Gasteiger partial charge in [0.15, 0.2) is 0 Å². The van der Waals surface area contributed by atoms with Crippen LogP contribution in [0.1, 0.15) is 23.5 Å². The summed E-state index contributed by atoms with van der Waals surface area (Å²) in [5, 5.41) is 1.10. The van der Waals surface area contributed by atoms with Crippen LogP contribution < -0.4 is 4.90 Å². The number of nitrogens with zero attached hydrogens (tertiary/aromatic N) is 5. The van der Waals surface area contributed by atoms with Crippen LogP contribution in [0.15, 0.2) is 35.5 Å². The van der Waals surface area contributed by atoms with Crippen molar-refractivity contribution in [2.45, 2.75) is 24.8 Å². The highest BCUT2D eigenvalue weighted by Gasteiger charge is 2.24. The van der Waals surface area contributed by atoms with Gasteiger partial charge >= 0.3 is 0 Å². The summed E-state index contributed by atoms with van der Waals surface area (Å²) in [5.74, 6) is 0.638. The molecule has 1 aliphatic heterocycles. The van der Waals surface area contributed by atoms with Crippen LogP contribution in [-0.2, 0) is 9.73 Å². The van der Waals surface area contributed by atoms with Crippen LogP contribution in [-0.4, -0.2) is 56.5 Å². The third-order valence-electron chi connectivity index (χ3n) is 5.21. The van der Waals surface area contributed by atoms with Crippen LogP contribution in [0, 0.1) is 11.7 Å². The zero-order valence-electron chi connectivity index (χ0n) is 16.3. The molecule has 148 valence electrons. The lowest BCUT2D eigenvalue weighted by Crippen LogP contribution is -2.47. The van der Waals surface area contributed by atoms with Crippen molar-refractivity contribution in [1.29, 1.82) is 4.78 Å². The van der Waals surface area contributed by atoms with Gasteiger partial charge in [0.2, 0.25) is 5.95 Å². The van der Waals surface area contributed by atoms with Crippen molar-refractivity contribution in [3.63, 3.8) is 0 Å². The topological polar surface area (TPSA) is 86.1 Å². The lowest BCUT2D eigenvalue weighted by molar-refractivity contribution is 0.198. The molecule has 1 aromatic carbocycles. The number of benzene rings is 1. The Balaban J connectivity index is 1.42. The summed E-state index contributed by atoms with van der Waals surface area (Å²) < 4.78 is 20.6. The highest BCUT2D eigenvalue weighted by atomic mass is 32.2. The zero-order chi connectivity index (χ0) is 19.9. The Morgan fingerprint density at radius 3 is 2.50 bits per heavy atom. The normalized spacial score (nSPS) is 18.9. The van der Waals surface area contributed by atoms with Crippen LogP contribution >= 0.6 is 11.3 Å². The summed E-state index contributed by atoms with van der Waals surface area (Å²) in [7, 11) is -2.77. The number of rotatable bonds is 4. The van der Waals surface area contributed by atoms with E-state index in [-0.39, 0.29) is 0 Å². The molecule has 1 N–H and O–H groups in total. The van der Waals surface area contributed by atoms with E-state index in [1.165, 1.54) is 28.9 Å². The summed E-state index contributed by atoms with van der Waals surface area (Å²) in [4.78, 5) is 18.2. The van der Waals surface area contributed by atoms with Crippen molar-refractivity contribution in [2.24, 2.45) is 0 Å². The Morgan fingerprint density at radius 1 is 1.18 bits per heavy atom. The molecule has 0 unspecified atom stereocenters. The summed E-state index contributed by atoms with van der Waals surface area (Å²) in [6, 6.07) is 6.92. The average molecular weight is 417 g/mol. The molecule has 3 aromatic rings. The van der Waals surface area contributed by atoms with Crippen LogP contribution in [0.25, 0.3) is 10.2 Å². The lowest BCUT2D eigenvalue weighted by atomic mass is 10.1. The quantitative estimate of drug-likeness (QED) is 0.702. The zero-order valence-corrected chi connectivity index (χ0v) is 17.9. The number of aromatic nitrogens is 3. The Kier molecular flexibility index (Phi) is 5.07. The van der Waals surface area contributed by atoms with Crippen LogP contribution in [0.2, 0.25) is 0 Å². The summed E-state index contributed by atoms with van der Waals surface area (Å²) in [6.07, 6.45) is 4.41. The van der Waals surface area contributed by atoms with E-state index < -0.39 is 9.73 Å². The second kappa shape index (κ2) is 7.38. The molecule has 0 spiro atoms. The van der Waals surface area contributed by atoms with E-state index in [4.69, 9.17) is 4.78 Å². The van der Waals surface area contributed by atoms with E-state index in [2.05, 4.69) is 49.9 Å². The maximum absolute atomic E-state index is 11.8. The van der Waals surface area contributed by atoms with Gasteiger partial charge in [-0.25, -0.2) is 23.9 Å². The molecule has 2 aromatic heterocycles. The average Bonchev–Trinajstić information content (AvgIpc) is 3.06. The maximum atomic E-state index is 11.8. The number of hydrogen-bond acceptors (Lipinski definition) is 8. The predicted molar refractivity (Wildman–Crippen MR) is 114 cm³/mol. The highest BCUT2D eigenvalue weighted by molar-refractivity contribution is 7.91. The molecule has 7 nitrogen and oxygen atoms in total. The predicted octanol–water partition coefficient (Wildman–Crippen LogP) is 3.31. The molecular weight excluding hydrogens is 392 g/mol. The van der Waals surface area contributed by atoms with Gasteiger partial charge in [-0.3, -0.25) is 4.90 Å². The number of thiazole rings is 1. The number of hydrogen-bond donors (Lipinski definition) is 1. The Hall–Kier alpha value is -2.10. The number of piperazine rings is 1. The first-order valence-electron chi connectivity index (χ1n) is 9.23. The fraction of sp³-hybridized carbons (Fsp3) is 0.421. The molecule has 0 aliphatic carbocycles. The van der Waals surface area contributed by atoms with Crippen molar-refractivity contribution in [3.05, 3.63) is 41.2 Å². The SMILES string of the molecule is Cc1nc2cc([C@@H](C)N3CCN(c4ncc([S@](C)(=N)=O)cn4)CC3)ccc2s1. The summed E-state index contributed by atoms with van der Waals surface area (Å²) in [5.41, 5.74) is 2.38. The van der Waals surface area contributed by atoms with Crippen molar-refractivity contribution >= 4 is 37.2 Å². The first-order valence-corrected chi connectivity index (χ1v) is 12.0. The number of anilines is 1. The van der Waals surface area contributed by atoms with Gasteiger partial charge in [0, 0.05) is 50.9 Å². The number of nitrogens with one attached hydrogen (secondary N) is 1. The van der Waals surface area contributed by atoms with Gasteiger partial charge in [-0.1, -0.05) is 6.07 Å². The lowest BCUT2D eigenvalue weighted by Gasteiger charge is -2.38. The van der Waals surface area contributed by atoms with Gasteiger partial charge in [0.25, 0.3) is 0 Å². The molecule has 9 heteroatoms. The molecule has 1 saturated heterocycles. The largest absolute Gasteiger partial charge is 0.338 e. The molecular formula is C19H24N6OS2. The third-order valence-corrected chi connectivity index (χ3v) is 7.27. The van der Waals surface area contributed by atoms with Gasteiger partial charge in [-0.05, 0) is 31.5 Å². The third kappa shape index (κ3) is 3.87. The highest BCUT2D eigenvalue weighted by Crippen LogP contribution is 2.28. The van der Waals surface area contributed by atoms with E-state index >= 15 is 0 Å². The van der Waals surface area contributed by atoms with Crippen LogP contribution in [0.4, 0.5) is 5.95 Å².